The summed E-state index contributed by atoms with van der Waals surface area (Å²) in [5.41, 5.74) is -0.658. The van der Waals surface area contributed by atoms with Crippen LogP contribution in [0.15, 0.2) is 54.6 Å². The smallest absolute Gasteiger partial charge is 0.261 e. The van der Waals surface area contributed by atoms with Gasteiger partial charge in [0.15, 0.2) is 0 Å². The average molecular weight is 448 g/mol. The maximum Gasteiger partial charge on any atom is 0.261 e. The summed E-state index contributed by atoms with van der Waals surface area (Å²) in [6.45, 7) is 2.26. The van der Waals surface area contributed by atoms with Crippen LogP contribution in [0.5, 0.6) is 0 Å². The number of thiophene rings is 1. The third-order valence-corrected chi connectivity index (χ3v) is 6.03. The molecule has 6 nitrogen and oxygen atoms in total. The van der Waals surface area contributed by atoms with Gasteiger partial charge in [0, 0.05) is 21.5 Å². The molecule has 0 unspecified atom stereocenters. The molecule has 0 aliphatic heterocycles. The maximum absolute atomic E-state index is 9.43. The van der Waals surface area contributed by atoms with Gasteiger partial charge in [0.2, 0.25) is 0 Å². The molecule has 4 aromatic rings. The van der Waals surface area contributed by atoms with E-state index >= 15 is 0 Å². The van der Waals surface area contributed by atoms with E-state index in [1.165, 1.54) is 36.5 Å². The quantitative estimate of drug-likeness (QED) is 0.275. The number of hydrogen-bond acceptors (Lipinski definition) is 6. The molecular weight excluding hydrogens is 422 g/mol. The van der Waals surface area contributed by atoms with E-state index in [0.717, 1.165) is 0 Å². The van der Waals surface area contributed by atoms with Crippen LogP contribution in [-0.2, 0) is 16.7 Å². The molecule has 0 saturated heterocycles. The summed E-state index contributed by atoms with van der Waals surface area (Å²) < 4.78 is 27.2. The van der Waals surface area contributed by atoms with Crippen LogP contribution in [0, 0.1) is 0 Å². The van der Waals surface area contributed by atoms with E-state index in [-0.39, 0.29) is 13.2 Å². The number of hydrogen-bond donors (Lipinski definition) is 4. The highest BCUT2D eigenvalue weighted by atomic mass is 32.2. The van der Waals surface area contributed by atoms with E-state index in [9.17, 15) is 18.6 Å². The third-order valence-electron chi connectivity index (χ3n) is 4.84. The Bertz CT molecular complexity index is 1270. The van der Waals surface area contributed by atoms with Crippen molar-refractivity contribution in [3.05, 3.63) is 59.5 Å². The number of aliphatic hydroxyl groups is 2. The molecule has 8 heteroatoms. The molecule has 4 rings (SSSR count). The van der Waals surface area contributed by atoms with Crippen LogP contribution in [0.1, 0.15) is 11.8 Å². The fourth-order valence-electron chi connectivity index (χ4n) is 3.19. The van der Waals surface area contributed by atoms with Gasteiger partial charge in [0.25, 0.3) is 10.1 Å². The molecule has 30 heavy (non-hydrogen) atoms. The Morgan fingerprint density at radius 1 is 0.933 bits per heavy atom. The van der Waals surface area contributed by atoms with Gasteiger partial charge in [-0.15, -0.1) is 11.3 Å². The van der Waals surface area contributed by atoms with Crippen molar-refractivity contribution < 1.29 is 23.2 Å². The summed E-state index contributed by atoms with van der Waals surface area (Å²) in [5.74, 6) is 0. The van der Waals surface area contributed by atoms with Gasteiger partial charge in [-0.3, -0.25) is 4.55 Å². The van der Waals surface area contributed by atoms with Gasteiger partial charge in [-0.1, -0.05) is 48.5 Å². The minimum absolute atomic E-state index is 0.0939. The van der Waals surface area contributed by atoms with Crippen molar-refractivity contribution in [2.24, 2.45) is 0 Å². The Labute approximate surface area is 179 Å². The molecule has 0 fully saturated rings. The summed E-state index contributed by atoms with van der Waals surface area (Å²) in [6.07, 6.45) is 0.715. The lowest BCUT2D eigenvalue weighted by atomic mass is 10.0. The monoisotopic (exact) mass is 447 g/mol. The lowest BCUT2D eigenvalue weighted by Gasteiger charge is -2.25. The standard InChI is InChI=1S/C21H21NO2S.CH4O3S/c1-21(12-23,13-24)22-11-16-10-15-7-8-18-17-5-3-2-4-14(17)6-9-19(18)20(15)25-16;1-5(2,3)4/h2-10,22-24H,11-13H2,1H3;1H3,(H,2,3,4). The Hall–Kier alpha value is -2.07. The molecule has 0 aliphatic carbocycles. The van der Waals surface area contributed by atoms with Crippen LogP contribution in [-0.4, -0.2) is 48.2 Å². The van der Waals surface area contributed by atoms with Gasteiger partial charge in [-0.05, 0) is 34.5 Å². The first-order valence-corrected chi connectivity index (χ1v) is 12.0. The van der Waals surface area contributed by atoms with Crippen molar-refractivity contribution in [1.29, 1.82) is 0 Å². The van der Waals surface area contributed by atoms with Crippen LogP contribution in [0.2, 0.25) is 0 Å². The van der Waals surface area contributed by atoms with Crippen LogP contribution in [0.25, 0.3) is 31.6 Å². The number of aliphatic hydroxyl groups excluding tert-OH is 2. The summed E-state index contributed by atoms with van der Waals surface area (Å²) in [7, 11) is -3.67. The van der Waals surface area contributed by atoms with Crippen molar-refractivity contribution in [3.8, 4) is 0 Å². The molecule has 0 bridgehead atoms. The second-order valence-corrected chi connectivity index (χ2v) is 10.1. The molecule has 0 spiro atoms. The number of fused-ring (bicyclic) bond motifs is 5. The zero-order chi connectivity index (χ0) is 21.9. The molecule has 0 amide bonds. The molecule has 1 heterocycles. The number of nitrogens with one attached hydrogen (secondary N) is 1. The fraction of sp³-hybridized carbons (Fsp3) is 0.273. The van der Waals surface area contributed by atoms with Crippen molar-refractivity contribution in [2.45, 2.75) is 19.0 Å². The highest BCUT2D eigenvalue weighted by Gasteiger charge is 2.21. The van der Waals surface area contributed by atoms with Crippen LogP contribution in [0.4, 0.5) is 0 Å². The highest BCUT2D eigenvalue weighted by Crippen LogP contribution is 2.36. The predicted octanol–water partition coefficient (Wildman–Crippen LogP) is 3.54. The predicted molar refractivity (Wildman–Crippen MR) is 124 cm³/mol. The lowest BCUT2D eigenvalue weighted by Crippen LogP contribution is -2.48. The van der Waals surface area contributed by atoms with E-state index in [1.807, 2.05) is 6.92 Å². The molecule has 0 atom stereocenters. The van der Waals surface area contributed by atoms with Gasteiger partial charge in [-0.2, -0.15) is 8.42 Å². The first kappa shape index (κ1) is 22.6. The normalized spacial score (nSPS) is 12.3. The topological polar surface area (TPSA) is 107 Å². The molecule has 160 valence electrons. The molecule has 0 saturated carbocycles. The summed E-state index contributed by atoms with van der Waals surface area (Å²) in [4.78, 5) is 1.20. The van der Waals surface area contributed by atoms with Crippen LogP contribution in [0.3, 0.4) is 0 Å². The van der Waals surface area contributed by atoms with E-state index in [1.54, 1.807) is 11.3 Å². The highest BCUT2D eigenvalue weighted by molar-refractivity contribution is 7.85. The van der Waals surface area contributed by atoms with Crippen molar-refractivity contribution >= 4 is 53.1 Å². The van der Waals surface area contributed by atoms with Gasteiger partial charge < -0.3 is 15.5 Å². The zero-order valence-corrected chi connectivity index (χ0v) is 18.4. The van der Waals surface area contributed by atoms with Crippen molar-refractivity contribution in [2.75, 3.05) is 19.5 Å². The average Bonchev–Trinajstić information content (AvgIpc) is 3.14. The summed E-state index contributed by atoms with van der Waals surface area (Å²) in [6, 6.07) is 19.4. The SMILES string of the molecule is CC(CO)(CO)NCc1cc2ccc3c4ccccc4ccc3c2s1.CS(=O)(=O)O. The van der Waals surface area contributed by atoms with Gasteiger partial charge in [-0.25, -0.2) is 0 Å². The Morgan fingerprint density at radius 3 is 2.20 bits per heavy atom. The van der Waals surface area contributed by atoms with Gasteiger partial charge in [0.1, 0.15) is 0 Å². The largest absolute Gasteiger partial charge is 0.394 e. The Kier molecular flexibility index (Phi) is 6.76. The molecule has 0 aliphatic rings. The lowest BCUT2D eigenvalue weighted by molar-refractivity contribution is 0.103. The van der Waals surface area contributed by atoms with E-state index < -0.39 is 15.7 Å². The molecule has 3 aromatic carbocycles. The number of rotatable bonds is 5. The molecule has 4 N–H and O–H groups in total. The van der Waals surface area contributed by atoms with Crippen molar-refractivity contribution in [1.82, 2.24) is 5.32 Å². The summed E-state index contributed by atoms with van der Waals surface area (Å²) >= 11 is 1.77. The first-order chi connectivity index (χ1) is 14.1. The van der Waals surface area contributed by atoms with E-state index in [4.69, 9.17) is 4.55 Å². The maximum atomic E-state index is 9.43. The molecule has 0 radical (unpaired) electrons. The second kappa shape index (κ2) is 8.97. The number of benzene rings is 3. The van der Waals surface area contributed by atoms with Crippen molar-refractivity contribution in [3.63, 3.8) is 0 Å². The molecule has 1 aromatic heterocycles. The fourth-order valence-corrected chi connectivity index (χ4v) is 4.31. The van der Waals surface area contributed by atoms with Crippen LogP contribution < -0.4 is 5.32 Å². The minimum Gasteiger partial charge on any atom is -0.394 e. The van der Waals surface area contributed by atoms with Gasteiger partial charge >= 0.3 is 0 Å². The van der Waals surface area contributed by atoms with E-state index in [0.29, 0.717) is 12.8 Å². The third kappa shape index (κ3) is 5.34. The first-order valence-electron chi connectivity index (χ1n) is 9.36. The minimum atomic E-state index is -3.67. The van der Waals surface area contributed by atoms with Crippen LogP contribution >= 0.6 is 11.3 Å². The molecular formula is C22H25NO5S2. The zero-order valence-electron chi connectivity index (χ0n) is 16.8. The summed E-state index contributed by atoms with van der Waals surface area (Å²) in [5, 5.41) is 28.4. The van der Waals surface area contributed by atoms with Gasteiger partial charge in [0.05, 0.1) is 25.0 Å². The Balaban J connectivity index is 0.000000461. The second-order valence-electron chi connectivity index (χ2n) is 7.54. The van der Waals surface area contributed by atoms with E-state index in [2.05, 4.69) is 59.9 Å². The Morgan fingerprint density at radius 2 is 1.53 bits per heavy atom.